The van der Waals surface area contributed by atoms with E-state index < -0.39 is 30.1 Å². The second-order valence-corrected chi connectivity index (χ2v) is 6.90. The smallest absolute Gasteiger partial charge is 0.387 e. The maximum Gasteiger partial charge on any atom is 0.387 e. The number of carbonyl (C=O) groups excluding carboxylic acids is 1. The second-order valence-electron chi connectivity index (χ2n) is 6.90. The van der Waals surface area contributed by atoms with Gasteiger partial charge in [-0.3, -0.25) is 9.78 Å². The summed E-state index contributed by atoms with van der Waals surface area (Å²) in [6.07, 6.45) is 3.47. The number of fused-ring (bicyclic) bond motifs is 1. The molecule has 1 aliphatic rings. The number of nitrogens with one attached hydrogen (secondary N) is 2. The summed E-state index contributed by atoms with van der Waals surface area (Å²) in [5.41, 5.74) is 0.387. The van der Waals surface area contributed by atoms with Crippen LogP contribution in [0.25, 0.3) is 10.9 Å². The number of carboxylic acids is 1. The molecule has 12 heteroatoms. The van der Waals surface area contributed by atoms with Crippen LogP contribution in [0.1, 0.15) is 33.8 Å². The van der Waals surface area contributed by atoms with Crippen LogP contribution in [0.15, 0.2) is 35.0 Å². The van der Waals surface area contributed by atoms with Gasteiger partial charge in [-0.05, 0) is 25.0 Å². The van der Waals surface area contributed by atoms with Crippen LogP contribution in [0.4, 0.5) is 19.2 Å². The van der Waals surface area contributed by atoms with E-state index in [1.807, 2.05) is 0 Å². The number of carboxylic acid groups (broad SMARTS) is 1. The van der Waals surface area contributed by atoms with Crippen molar-refractivity contribution in [3.8, 4) is 5.75 Å². The molecule has 4 rings (SSSR count). The Morgan fingerprint density at radius 2 is 1.94 bits per heavy atom. The summed E-state index contributed by atoms with van der Waals surface area (Å²) in [5.74, 6) is -3.53. The normalized spacial score (nSPS) is 17.9. The lowest BCUT2D eigenvalue weighted by molar-refractivity contribution is -0.0520. The third kappa shape index (κ3) is 4.52. The molecule has 9 nitrogen and oxygen atoms in total. The first-order chi connectivity index (χ1) is 14.8. The summed E-state index contributed by atoms with van der Waals surface area (Å²) in [6, 6.07) is 3.31. The number of alkyl halides is 2. The molecule has 0 spiro atoms. The minimum Gasteiger partial charge on any atom is -0.475 e. The highest BCUT2D eigenvalue weighted by molar-refractivity contribution is 5.97. The van der Waals surface area contributed by atoms with Crippen molar-refractivity contribution in [1.29, 1.82) is 0 Å². The van der Waals surface area contributed by atoms with E-state index in [1.165, 1.54) is 12.3 Å². The number of hydrogen-bond acceptors (Lipinski definition) is 7. The maximum atomic E-state index is 13.9. The molecule has 2 heterocycles. The molecule has 1 fully saturated rings. The second kappa shape index (κ2) is 8.13. The van der Waals surface area contributed by atoms with E-state index in [-0.39, 0.29) is 40.3 Å². The van der Waals surface area contributed by atoms with Gasteiger partial charge in [-0.15, -0.1) is 0 Å². The fraction of sp³-hybridized carbons (Fsp3) is 0.263. The molecular formula is C19H15F3N4O5. The topological polar surface area (TPSA) is 127 Å². The number of benzene rings is 1. The van der Waals surface area contributed by atoms with Gasteiger partial charge in [0.25, 0.3) is 11.9 Å². The third-order valence-corrected chi connectivity index (χ3v) is 4.73. The first-order valence-electron chi connectivity index (χ1n) is 9.09. The molecule has 3 aromatic rings. The Balaban J connectivity index is 1.35. The molecule has 1 amide bonds. The van der Waals surface area contributed by atoms with E-state index in [2.05, 4.69) is 25.3 Å². The van der Waals surface area contributed by atoms with Crippen molar-refractivity contribution in [3.63, 3.8) is 0 Å². The van der Waals surface area contributed by atoms with Crippen LogP contribution < -0.4 is 15.4 Å². The molecule has 31 heavy (non-hydrogen) atoms. The molecule has 3 N–H and O–H groups in total. The number of aromatic nitrogens is 2. The fourth-order valence-corrected chi connectivity index (χ4v) is 3.18. The molecule has 0 bridgehead atoms. The molecule has 1 aliphatic carbocycles. The van der Waals surface area contributed by atoms with Crippen LogP contribution in [-0.2, 0) is 0 Å². The summed E-state index contributed by atoms with van der Waals surface area (Å²) in [7, 11) is 0. The van der Waals surface area contributed by atoms with Crippen molar-refractivity contribution in [2.45, 2.75) is 31.5 Å². The molecular weight excluding hydrogens is 421 g/mol. The number of aromatic carboxylic acids is 1. The van der Waals surface area contributed by atoms with Crippen molar-refractivity contribution in [3.05, 3.63) is 47.7 Å². The van der Waals surface area contributed by atoms with Gasteiger partial charge in [-0.25, -0.2) is 14.2 Å². The minimum atomic E-state index is -3.17. The Kier molecular flexibility index (Phi) is 5.36. The fourth-order valence-electron chi connectivity index (χ4n) is 3.18. The number of amides is 1. The Hall–Kier alpha value is -3.83. The zero-order valence-electron chi connectivity index (χ0n) is 15.6. The van der Waals surface area contributed by atoms with E-state index >= 15 is 0 Å². The molecule has 0 saturated heterocycles. The number of ether oxygens (including phenoxy) is 1. The molecule has 0 aliphatic heterocycles. The number of hydrogen-bond donors (Lipinski definition) is 3. The average Bonchev–Trinajstić information content (AvgIpc) is 3.15. The largest absolute Gasteiger partial charge is 0.475 e. The van der Waals surface area contributed by atoms with Gasteiger partial charge in [0.2, 0.25) is 5.76 Å². The van der Waals surface area contributed by atoms with Crippen LogP contribution in [0.2, 0.25) is 0 Å². The molecule has 0 radical (unpaired) electrons. The standard InChI is InChI=1S/C19H15F3N4O5/c20-12-2-8-1-9(6-23-13(8)5-14(12)30-18(21)22)16(27)25-10-3-11(4-10)26-19-24-7-15(31-19)17(28)29/h1-2,5-7,10-11,18H,3-4H2,(H,24,26)(H,25,27)(H,28,29)/t10-,11-. The maximum absolute atomic E-state index is 13.9. The first kappa shape index (κ1) is 20.4. The van der Waals surface area contributed by atoms with E-state index in [9.17, 15) is 22.8 Å². The van der Waals surface area contributed by atoms with Gasteiger partial charge in [0, 0.05) is 29.7 Å². The quantitative estimate of drug-likeness (QED) is 0.516. The van der Waals surface area contributed by atoms with Crippen molar-refractivity contribution in [1.82, 2.24) is 15.3 Å². The number of anilines is 1. The van der Waals surface area contributed by atoms with E-state index in [0.29, 0.717) is 12.8 Å². The number of carbonyl (C=O) groups is 2. The van der Waals surface area contributed by atoms with Crippen LogP contribution in [0.5, 0.6) is 5.75 Å². The molecule has 0 unspecified atom stereocenters. The molecule has 1 saturated carbocycles. The molecule has 1 aromatic carbocycles. The number of nitrogens with zero attached hydrogens (tertiary/aromatic N) is 2. The number of oxazole rings is 1. The highest BCUT2D eigenvalue weighted by Gasteiger charge is 2.31. The Morgan fingerprint density at radius 1 is 1.16 bits per heavy atom. The molecule has 162 valence electrons. The van der Waals surface area contributed by atoms with Gasteiger partial charge in [0.15, 0.2) is 11.6 Å². The lowest BCUT2D eigenvalue weighted by Gasteiger charge is -2.35. The van der Waals surface area contributed by atoms with Crippen LogP contribution in [0, 0.1) is 5.82 Å². The van der Waals surface area contributed by atoms with E-state index in [1.54, 1.807) is 0 Å². The predicted molar refractivity (Wildman–Crippen MR) is 99.7 cm³/mol. The van der Waals surface area contributed by atoms with Gasteiger partial charge < -0.3 is 24.9 Å². The SMILES string of the molecule is O=C(N[C@H]1C[C@H](Nc2ncc(C(=O)O)o2)C1)c1cnc2cc(OC(F)F)c(F)cc2c1. The summed E-state index contributed by atoms with van der Waals surface area (Å²) >= 11 is 0. The molecule has 0 atom stereocenters. The zero-order valence-corrected chi connectivity index (χ0v) is 15.6. The first-order valence-corrected chi connectivity index (χ1v) is 9.09. The summed E-state index contributed by atoms with van der Waals surface area (Å²) in [4.78, 5) is 31.1. The van der Waals surface area contributed by atoms with Crippen LogP contribution >= 0.6 is 0 Å². The van der Waals surface area contributed by atoms with Gasteiger partial charge in [-0.2, -0.15) is 8.78 Å². The highest BCUT2D eigenvalue weighted by atomic mass is 19.3. The zero-order chi connectivity index (χ0) is 22.1. The van der Waals surface area contributed by atoms with Crippen molar-refractivity contribution >= 4 is 28.8 Å². The van der Waals surface area contributed by atoms with Crippen molar-refractivity contribution in [2.24, 2.45) is 0 Å². The van der Waals surface area contributed by atoms with E-state index in [0.717, 1.165) is 18.3 Å². The van der Waals surface area contributed by atoms with Gasteiger partial charge in [0.1, 0.15) is 0 Å². The molecule has 2 aromatic heterocycles. The van der Waals surface area contributed by atoms with E-state index in [4.69, 9.17) is 9.52 Å². The predicted octanol–water partition coefficient (Wildman–Crippen LogP) is 3.03. The summed E-state index contributed by atoms with van der Waals surface area (Å²) in [6.45, 7) is -3.17. The van der Waals surface area contributed by atoms with Crippen molar-refractivity contribution < 1.29 is 37.0 Å². The third-order valence-electron chi connectivity index (χ3n) is 4.73. The highest BCUT2D eigenvalue weighted by Crippen LogP contribution is 2.27. The van der Waals surface area contributed by atoms with Gasteiger partial charge in [-0.1, -0.05) is 0 Å². The average molecular weight is 436 g/mol. The lowest BCUT2D eigenvalue weighted by atomic mass is 9.86. The van der Waals surface area contributed by atoms with Crippen molar-refractivity contribution in [2.75, 3.05) is 5.32 Å². The van der Waals surface area contributed by atoms with Crippen LogP contribution in [-0.4, -0.2) is 45.6 Å². The Labute approximate surface area is 172 Å². The lowest BCUT2D eigenvalue weighted by Crippen LogP contribution is -2.49. The number of rotatable bonds is 7. The minimum absolute atomic E-state index is 0.0531. The Bertz CT molecular complexity index is 1150. The number of pyridine rings is 1. The van der Waals surface area contributed by atoms with Gasteiger partial charge in [0.05, 0.1) is 17.3 Å². The number of halogens is 3. The summed E-state index contributed by atoms with van der Waals surface area (Å²) in [5, 5.41) is 14.8. The van der Waals surface area contributed by atoms with Crippen LogP contribution in [0.3, 0.4) is 0 Å². The monoisotopic (exact) mass is 436 g/mol. The van der Waals surface area contributed by atoms with Gasteiger partial charge >= 0.3 is 12.6 Å². The summed E-state index contributed by atoms with van der Waals surface area (Å²) < 4.78 is 47.7. The Morgan fingerprint density at radius 3 is 2.61 bits per heavy atom.